The Labute approximate surface area is 128 Å². The lowest BCUT2D eigenvalue weighted by Gasteiger charge is -2.09. The molecule has 3 nitrogen and oxygen atoms in total. The van der Waals surface area contributed by atoms with Crippen LogP contribution in [0.3, 0.4) is 0 Å². The monoisotopic (exact) mass is 286 g/mol. The standard InChI is InChI=1S/C19H14N2O/c1-2-7-15-13-17-16(12-14(15)6-1)8-5-9-18(17)20-21-19-10-3-4-11-22-19/h1-13,19H. The average Bonchev–Trinajstić information content (AvgIpc) is 2.59. The van der Waals surface area contributed by atoms with Crippen LogP contribution in [-0.2, 0) is 4.74 Å². The van der Waals surface area contributed by atoms with Crippen LogP contribution in [0.25, 0.3) is 21.5 Å². The van der Waals surface area contributed by atoms with Crippen LogP contribution in [0.2, 0.25) is 0 Å². The molecule has 0 spiro atoms. The second-order valence-electron chi connectivity index (χ2n) is 5.15. The van der Waals surface area contributed by atoms with E-state index in [2.05, 4.69) is 46.6 Å². The molecule has 1 atom stereocenters. The summed E-state index contributed by atoms with van der Waals surface area (Å²) in [6.45, 7) is 0. The molecule has 1 heterocycles. The molecule has 3 aromatic rings. The van der Waals surface area contributed by atoms with Crippen LogP contribution in [0, 0.1) is 0 Å². The van der Waals surface area contributed by atoms with Gasteiger partial charge >= 0.3 is 0 Å². The molecule has 1 aliphatic rings. The average molecular weight is 286 g/mol. The van der Waals surface area contributed by atoms with Crippen molar-refractivity contribution in [3.8, 4) is 0 Å². The number of benzene rings is 3. The van der Waals surface area contributed by atoms with Crippen molar-refractivity contribution in [2.75, 3.05) is 0 Å². The lowest BCUT2D eigenvalue weighted by molar-refractivity contribution is 0.185. The highest BCUT2D eigenvalue weighted by Crippen LogP contribution is 2.30. The summed E-state index contributed by atoms with van der Waals surface area (Å²) in [5.74, 6) is 0. The summed E-state index contributed by atoms with van der Waals surface area (Å²) in [7, 11) is 0. The van der Waals surface area contributed by atoms with Gasteiger partial charge in [-0.3, -0.25) is 0 Å². The highest BCUT2D eigenvalue weighted by molar-refractivity contribution is 6.02. The summed E-state index contributed by atoms with van der Waals surface area (Å²) in [6.07, 6.45) is 6.88. The van der Waals surface area contributed by atoms with Crippen LogP contribution < -0.4 is 0 Å². The zero-order chi connectivity index (χ0) is 14.8. The highest BCUT2D eigenvalue weighted by atomic mass is 16.5. The molecule has 22 heavy (non-hydrogen) atoms. The maximum absolute atomic E-state index is 5.35. The van der Waals surface area contributed by atoms with Crippen LogP contribution in [-0.4, -0.2) is 6.23 Å². The summed E-state index contributed by atoms with van der Waals surface area (Å²) in [6, 6.07) is 18.8. The van der Waals surface area contributed by atoms with E-state index in [-0.39, 0.29) is 6.23 Å². The minimum Gasteiger partial charge on any atom is -0.471 e. The molecule has 4 rings (SSSR count). The zero-order valence-electron chi connectivity index (χ0n) is 11.9. The number of hydrogen-bond acceptors (Lipinski definition) is 3. The fourth-order valence-electron chi connectivity index (χ4n) is 2.60. The quantitative estimate of drug-likeness (QED) is 0.452. The van der Waals surface area contributed by atoms with Gasteiger partial charge in [-0.25, -0.2) is 0 Å². The van der Waals surface area contributed by atoms with Crippen LogP contribution in [0.4, 0.5) is 5.69 Å². The van der Waals surface area contributed by atoms with Crippen molar-refractivity contribution >= 4 is 27.2 Å². The lowest BCUT2D eigenvalue weighted by atomic mass is 10.0. The van der Waals surface area contributed by atoms with Gasteiger partial charge in [-0.2, -0.15) is 5.11 Å². The van der Waals surface area contributed by atoms with Crippen LogP contribution >= 0.6 is 0 Å². The molecule has 3 aromatic carbocycles. The van der Waals surface area contributed by atoms with Gasteiger partial charge in [0, 0.05) is 5.39 Å². The predicted octanol–water partition coefficient (Wildman–Crippen LogP) is 5.50. The van der Waals surface area contributed by atoms with Crippen molar-refractivity contribution in [3.05, 3.63) is 79.1 Å². The van der Waals surface area contributed by atoms with Gasteiger partial charge in [0.05, 0.1) is 11.9 Å². The number of nitrogens with zero attached hydrogens (tertiary/aromatic N) is 2. The van der Waals surface area contributed by atoms with E-state index in [1.807, 2.05) is 36.4 Å². The van der Waals surface area contributed by atoms with E-state index < -0.39 is 0 Å². The number of azo groups is 1. The van der Waals surface area contributed by atoms with E-state index in [0.29, 0.717) is 0 Å². The largest absolute Gasteiger partial charge is 0.471 e. The molecule has 1 unspecified atom stereocenters. The van der Waals surface area contributed by atoms with Gasteiger partial charge < -0.3 is 4.74 Å². The lowest BCUT2D eigenvalue weighted by Crippen LogP contribution is -2.02. The Bertz CT molecular complexity index is 925. The summed E-state index contributed by atoms with van der Waals surface area (Å²) in [4.78, 5) is 0. The van der Waals surface area contributed by atoms with Crippen molar-refractivity contribution in [2.24, 2.45) is 10.2 Å². The highest BCUT2D eigenvalue weighted by Gasteiger charge is 2.05. The van der Waals surface area contributed by atoms with Crippen LogP contribution in [0.1, 0.15) is 0 Å². The van der Waals surface area contributed by atoms with Gasteiger partial charge in [-0.1, -0.05) is 42.5 Å². The summed E-state index contributed by atoms with van der Waals surface area (Å²) >= 11 is 0. The van der Waals surface area contributed by atoms with Gasteiger partial charge in [-0.15, -0.1) is 5.11 Å². The van der Waals surface area contributed by atoms with E-state index in [1.165, 1.54) is 10.8 Å². The van der Waals surface area contributed by atoms with Crippen molar-refractivity contribution in [3.63, 3.8) is 0 Å². The normalized spacial score (nSPS) is 17.4. The minimum atomic E-state index is -0.347. The molecule has 0 saturated carbocycles. The van der Waals surface area contributed by atoms with Crippen molar-refractivity contribution < 1.29 is 4.74 Å². The minimum absolute atomic E-state index is 0.347. The Morgan fingerprint density at radius 3 is 2.45 bits per heavy atom. The molecule has 3 heteroatoms. The molecule has 0 fully saturated rings. The number of allylic oxidation sites excluding steroid dienone is 2. The van der Waals surface area contributed by atoms with Crippen molar-refractivity contribution in [1.29, 1.82) is 0 Å². The fraction of sp³-hybridized carbons (Fsp3) is 0.0526. The topological polar surface area (TPSA) is 34.0 Å². The Balaban J connectivity index is 1.80. The number of fused-ring (bicyclic) bond motifs is 2. The predicted molar refractivity (Wildman–Crippen MR) is 89.1 cm³/mol. The van der Waals surface area contributed by atoms with E-state index in [1.54, 1.807) is 6.26 Å². The number of ether oxygens (including phenoxy) is 1. The first kappa shape index (κ1) is 12.8. The van der Waals surface area contributed by atoms with Gasteiger partial charge in [-0.05, 0) is 46.5 Å². The van der Waals surface area contributed by atoms with Crippen LogP contribution in [0.15, 0.2) is 89.3 Å². The third kappa shape index (κ3) is 2.37. The third-order valence-corrected chi connectivity index (χ3v) is 3.69. The molecule has 0 saturated heterocycles. The third-order valence-electron chi connectivity index (χ3n) is 3.69. The summed E-state index contributed by atoms with van der Waals surface area (Å²) in [5.41, 5.74) is 0.856. The first-order valence-electron chi connectivity index (χ1n) is 7.21. The van der Waals surface area contributed by atoms with E-state index >= 15 is 0 Å². The van der Waals surface area contributed by atoms with E-state index in [4.69, 9.17) is 4.74 Å². The molecule has 1 aliphatic heterocycles. The number of hydrogen-bond donors (Lipinski definition) is 0. The maximum Gasteiger partial charge on any atom is 0.227 e. The van der Waals surface area contributed by atoms with Gasteiger partial charge in [0.1, 0.15) is 0 Å². The Morgan fingerprint density at radius 1 is 0.818 bits per heavy atom. The Hall–Kier alpha value is -2.94. The molecule has 0 aliphatic carbocycles. The van der Waals surface area contributed by atoms with Crippen molar-refractivity contribution in [2.45, 2.75) is 6.23 Å². The van der Waals surface area contributed by atoms with Crippen LogP contribution in [0.5, 0.6) is 0 Å². The molecular weight excluding hydrogens is 272 g/mol. The summed E-state index contributed by atoms with van der Waals surface area (Å²) in [5, 5.41) is 13.3. The van der Waals surface area contributed by atoms with Gasteiger partial charge in [0.25, 0.3) is 0 Å². The molecule has 0 amide bonds. The van der Waals surface area contributed by atoms with Crippen molar-refractivity contribution in [1.82, 2.24) is 0 Å². The first-order valence-corrected chi connectivity index (χ1v) is 7.21. The number of rotatable bonds is 2. The smallest absolute Gasteiger partial charge is 0.227 e. The molecule has 0 bridgehead atoms. The first-order chi connectivity index (χ1) is 10.9. The van der Waals surface area contributed by atoms with Gasteiger partial charge in [0.2, 0.25) is 6.23 Å². The molecule has 0 aromatic heterocycles. The van der Waals surface area contributed by atoms with Gasteiger partial charge in [0.15, 0.2) is 0 Å². The Morgan fingerprint density at radius 2 is 1.64 bits per heavy atom. The molecule has 0 N–H and O–H groups in total. The van der Waals surface area contributed by atoms with E-state index in [0.717, 1.165) is 16.5 Å². The zero-order valence-corrected chi connectivity index (χ0v) is 11.9. The van der Waals surface area contributed by atoms with E-state index in [9.17, 15) is 0 Å². The maximum atomic E-state index is 5.35. The molecular formula is C19H14N2O. The SMILES string of the molecule is C1=COC(N=Nc2cccc3cc4ccccc4cc23)C=C1. The second-order valence-corrected chi connectivity index (χ2v) is 5.15. The summed E-state index contributed by atoms with van der Waals surface area (Å²) < 4.78 is 5.35. The Kier molecular flexibility index (Phi) is 3.16. The second kappa shape index (κ2) is 5.45. The molecule has 0 radical (unpaired) electrons. The molecule has 106 valence electrons. The fourth-order valence-corrected chi connectivity index (χ4v) is 2.60.